The Balaban J connectivity index is 1.55. The quantitative estimate of drug-likeness (QED) is 0.538. The lowest BCUT2D eigenvalue weighted by molar-refractivity contribution is -0.124. The molecule has 1 saturated carbocycles. The van der Waals surface area contributed by atoms with E-state index in [0.717, 1.165) is 25.7 Å². The molecular formula is C24H22F2N2O4. The van der Waals surface area contributed by atoms with E-state index in [2.05, 4.69) is 15.0 Å². The summed E-state index contributed by atoms with van der Waals surface area (Å²) in [5.41, 5.74) is 1.92. The van der Waals surface area contributed by atoms with Gasteiger partial charge in [-0.3, -0.25) is 4.79 Å². The summed E-state index contributed by atoms with van der Waals surface area (Å²) in [6.07, 6.45) is 4.07. The van der Waals surface area contributed by atoms with Crippen molar-refractivity contribution in [3.8, 4) is 17.0 Å². The van der Waals surface area contributed by atoms with E-state index in [1.807, 2.05) is 0 Å². The number of carbonyl (C=O) groups excluding carboxylic acids is 2. The van der Waals surface area contributed by atoms with Gasteiger partial charge in [-0.2, -0.15) is 8.78 Å². The number of esters is 1. The van der Waals surface area contributed by atoms with Crippen molar-refractivity contribution in [2.75, 3.05) is 6.61 Å². The predicted octanol–water partition coefficient (Wildman–Crippen LogP) is 4.72. The first-order valence-corrected chi connectivity index (χ1v) is 10.4. The van der Waals surface area contributed by atoms with Gasteiger partial charge in [0, 0.05) is 17.0 Å². The molecule has 1 aromatic heterocycles. The second-order valence-electron chi connectivity index (χ2n) is 7.60. The van der Waals surface area contributed by atoms with E-state index >= 15 is 0 Å². The molecule has 0 atom stereocenters. The van der Waals surface area contributed by atoms with Gasteiger partial charge in [-0.1, -0.05) is 31.0 Å². The highest BCUT2D eigenvalue weighted by Crippen LogP contribution is 2.27. The van der Waals surface area contributed by atoms with Crippen LogP contribution in [0.2, 0.25) is 0 Å². The molecular weight excluding hydrogens is 418 g/mol. The number of nitrogens with zero attached hydrogens (tertiary/aromatic N) is 1. The Hall–Kier alpha value is -3.55. The molecule has 2 aromatic carbocycles. The molecule has 0 saturated heterocycles. The van der Waals surface area contributed by atoms with Crippen LogP contribution >= 0.6 is 0 Å². The van der Waals surface area contributed by atoms with Crippen molar-refractivity contribution < 1.29 is 27.8 Å². The second kappa shape index (κ2) is 9.72. The average molecular weight is 440 g/mol. The van der Waals surface area contributed by atoms with Crippen molar-refractivity contribution in [2.24, 2.45) is 0 Å². The number of halogens is 2. The van der Waals surface area contributed by atoms with Gasteiger partial charge in [0.15, 0.2) is 6.61 Å². The van der Waals surface area contributed by atoms with Crippen molar-refractivity contribution >= 4 is 22.8 Å². The third-order valence-electron chi connectivity index (χ3n) is 5.37. The molecule has 4 rings (SSSR count). The molecule has 0 unspecified atom stereocenters. The van der Waals surface area contributed by atoms with E-state index in [-0.39, 0.29) is 29.9 Å². The zero-order valence-corrected chi connectivity index (χ0v) is 17.2. The molecule has 1 aliphatic carbocycles. The summed E-state index contributed by atoms with van der Waals surface area (Å²) in [5, 5.41) is 3.48. The highest BCUT2D eigenvalue weighted by molar-refractivity contribution is 6.05. The van der Waals surface area contributed by atoms with Gasteiger partial charge < -0.3 is 14.8 Å². The number of fused-ring (bicyclic) bond motifs is 1. The van der Waals surface area contributed by atoms with E-state index in [9.17, 15) is 18.4 Å². The van der Waals surface area contributed by atoms with Crippen molar-refractivity contribution in [1.29, 1.82) is 0 Å². The van der Waals surface area contributed by atoms with Crippen LogP contribution in [-0.4, -0.2) is 36.1 Å². The first kappa shape index (κ1) is 21.7. The van der Waals surface area contributed by atoms with Crippen LogP contribution in [0.3, 0.4) is 0 Å². The number of ether oxygens (including phenoxy) is 2. The molecule has 0 bridgehead atoms. The topological polar surface area (TPSA) is 77.5 Å². The summed E-state index contributed by atoms with van der Waals surface area (Å²) >= 11 is 0. The molecule has 1 fully saturated rings. The first-order valence-electron chi connectivity index (χ1n) is 10.4. The summed E-state index contributed by atoms with van der Waals surface area (Å²) < 4.78 is 34.4. The molecule has 1 N–H and O–H groups in total. The number of pyridine rings is 1. The lowest BCUT2D eigenvalue weighted by Crippen LogP contribution is -2.35. The first-order chi connectivity index (χ1) is 15.5. The fraction of sp³-hybridized carbons (Fsp3) is 0.292. The van der Waals surface area contributed by atoms with Gasteiger partial charge in [-0.05, 0) is 49.2 Å². The Labute approximate surface area is 183 Å². The maximum atomic E-state index is 12.8. The fourth-order valence-corrected chi connectivity index (χ4v) is 3.85. The number of amides is 1. The number of carbonyl (C=O) groups is 2. The van der Waals surface area contributed by atoms with Gasteiger partial charge in [0.2, 0.25) is 0 Å². The van der Waals surface area contributed by atoms with Gasteiger partial charge >= 0.3 is 12.6 Å². The predicted molar refractivity (Wildman–Crippen MR) is 114 cm³/mol. The number of benzene rings is 2. The lowest BCUT2D eigenvalue weighted by Gasteiger charge is -2.13. The summed E-state index contributed by atoms with van der Waals surface area (Å²) in [7, 11) is 0. The number of para-hydroxylation sites is 1. The molecule has 1 aliphatic rings. The molecule has 0 spiro atoms. The zero-order valence-electron chi connectivity index (χ0n) is 17.2. The van der Waals surface area contributed by atoms with Gasteiger partial charge in [-0.25, -0.2) is 9.78 Å². The van der Waals surface area contributed by atoms with Gasteiger partial charge in [0.1, 0.15) is 5.75 Å². The van der Waals surface area contributed by atoms with Gasteiger partial charge in [-0.15, -0.1) is 0 Å². The third-order valence-corrected chi connectivity index (χ3v) is 5.37. The van der Waals surface area contributed by atoms with Crippen molar-refractivity contribution in [1.82, 2.24) is 10.3 Å². The fourth-order valence-electron chi connectivity index (χ4n) is 3.85. The normalized spacial score (nSPS) is 14.0. The maximum Gasteiger partial charge on any atom is 0.387 e. The Morgan fingerprint density at radius 1 is 1.06 bits per heavy atom. The standard InChI is InChI=1S/C24H22F2N2O4/c25-24(26)32-17-11-9-15(10-12-17)21-13-19(18-7-3-4-8-20(18)28-21)23(30)31-14-22(29)27-16-5-1-2-6-16/h3-4,7-13,16,24H,1-2,5-6,14H2,(H,27,29). The summed E-state index contributed by atoms with van der Waals surface area (Å²) in [6.45, 7) is -3.27. The Kier molecular flexibility index (Phi) is 6.58. The molecule has 6 nitrogen and oxygen atoms in total. The van der Waals surface area contributed by atoms with E-state index in [1.165, 1.54) is 12.1 Å². The SMILES string of the molecule is O=C(COC(=O)c1cc(-c2ccc(OC(F)F)cc2)nc2ccccc12)NC1CCCC1. The largest absolute Gasteiger partial charge is 0.452 e. The summed E-state index contributed by atoms with van der Waals surface area (Å²) in [6, 6.07) is 14.8. The molecule has 1 amide bonds. The van der Waals surface area contributed by atoms with Gasteiger partial charge in [0.25, 0.3) is 5.91 Å². The van der Waals surface area contributed by atoms with Crippen LogP contribution in [0.5, 0.6) is 5.75 Å². The van der Waals surface area contributed by atoms with Crippen LogP contribution < -0.4 is 10.1 Å². The molecule has 32 heavy (non-hydrogen) atoms. The smallest absolute Gasteiger partial charge is 0.387 e. The Morgan fingerprint density at radius 3 is 2.50 bits per heavy atom. The minimum absolute atomic E-state index is 0.0254. The number of alkyl halides is 2. The van der Waals surface area contributed by atoms with Crippen LogP contribution in [-0.2, 0) is 9.53 Å². The average Bonchev–Trinajstić information content (AvgIpc) is 3.30. The second-order valence-corrected chi connectivity index (χ2v) is 7.60. The monoisotopic (exact) mass is 440 g/mol. The molecule has 3 aromatic rings. The van der Waals surface area contributed by atoms with Crippen LogP contribution in [0, 0.1) is 0 Å². The van der Waals surface area contributed by atoms with Crippen molar-refractivity contribution in [3.63, 3.8) is 0 Å². The number of hydrogen-bond acceptors (Lipinski definition) is 5. The minimum Gasteiger partial charge on any atom is -0.452 e. The van der Waals surface area contributed by atoms with E-state index in [0.29, 0.717) is 22.2 Å². The zero-order chi connectivity index (χ0) is 22.5. The number of rotatable bonds is 7. The maximum absolute atomic E-state index is 12.8. The van der Waals surface area contributed by atoms with Crippen LogP contribution in [0.1, 0.15) is 36.0 Å². The van der Waals surface area contributed by atoms with Crippen LogP contribution in [0.15, 0.2) is 54.6 Å². The number of aromatic nitrogens is 1. The van der Waals surface area contributed by atoms with Crippen molar-refractivity contribution in [3.05, 3.63) is 60.2 Å². The minimum atomic E-state index is -2.91. The van der Waals surface area contributed by atoms with Gasteiger partial charge in [0.05, 0.1) is 16.8 Å². The Bertz CT molecular complexity index is 1110. The third kappa shape index (κ3) is 5.19. The molecule has 0 radical (unpaired) electrons. The van der Waals surface area contributed by atoms with E-state index in [1.54, 1.807) is 42.5 Å². The van der Waals surface area contributed by atoms with E-state index in [4.69, 9.17) is 4.74 Å². The van der Waals surface area contributed by atoms with Crippen LogP contribution in [0.4, 0.5) is 8.78 Å². The highest BCUT2D eigenvalue weighted by atomic mass is 19.3. The summed E-state index contributed by atoms with van der Waals surface area (Å²) in [5.74, 6) is -0.931. The van der Waals surface area contributed by atoms with E-state index < -0.39 is 12.6 Å². The highest BCUT2D eigenvalue weighted by Gasteiger charge is 2.20. The summed E-state index contributed by atoms with van der Waals surface area (Å²) in [4.78, 5) is 29.5. The lowest BCUT2D eigenvalue weighted by atomic mass is 10.0. The Morgan fingerprint density at radius 2 is 1.78 bits per heavy atom. The molecule has 0 aliphatic heterocycles. The molecule has 1 heterocycles. The molecule has 166 valence electrons. The molecule has 8 heteroatoms. The van der Waals surface area contributed by atoms with Crippen molar-refractivity contribution in [2.45, 2.75) is 38.3 Å². The number of nitrogens with one attached hydrogen (secondary N) is 1. The van der Waals surface area contributed by atoms with Crippen LogP contribution in [0.25, 0.3) is 22.2 Å². The number of hydrogen-bond donors (Lipinski definition) is 1.